The second-order valence-corrected chi connectivity index (χ2v) is 5.22. The number of hydrogen-bond donors (Lipinski definition) is 0. The first-order valence-electron chi connectivity index (χ1n) is 7.42. The van der Waals surface area contributed by atoms with E-state index in [9.17, 15) is 4.79 Å². The van der Waals surface area contributed by atoms with Gasteiger partial charge in [0.2, 0.25) is 0 Å². The SMILES string of the molecule is CCCC(C)COCc1cc(C(C)=O)ccc1OCC. The van der Waals surface area contributed by atoms with Gasteiger partial charge in [-0.15, -0.1) is 0 Å². The summed E-state index contributed by atoms with van der Waals surface area (Å²) < 4.78 is 11.3. The monoisotopic (exact) mass is 278 g/mol. The summed E-state index contributed by atoms with van der Waals surface area (Å²) in [6, 6.07) is 5.53. The summed E-state index contributed by atoms with van der Waals surface area (Å²) in [4.78, 5) is 11.5. The highest BCUT2D eigenvalue weighted by molar-refractivity contribution is 5.94. The summed E-state index contributed by atoms with van der Waals surface area (Å²) in [5.74, 6) is 1.43. The zero-order valence-corrected chi connectivity index (χ0v) is 13.1. The number of hydrogen-bond acceptors (Lipinski definition) is 3. The second-order valence-electron chi connectivity index (χ2n) is 5.22. The lowest BCUT2D eigenvalue weighted by Gasteiger charge is -2.14. The second kappa shape index (κ2) is 8.75. The van der Waals surface area contributed by atoms with E-state index in [1.165, 1.54) is 12.8 Å². The van der Waals surface area contributed by atoms with E-state index in [0.29, 0.717) is 24.7 Å². The molecular weight excluding hydrogens is 252 g/mol. The van der Waals surface area contributed by atoms with Crippen LogP contribution in [-0.4, -0.2) is 19.0 Å². The van der Waals surface area contributed by atoms with Crippen LogP contribution >= 0.6 is 0 Å². The topological polar surface area (TPSA) is 35.5 Å². The molecule has 1 aromatic rings. The molecule has 112 valence electrons. The average Bonchev–Trinajstić information content (AvgIpc) is 2.40. The lowest BCUT2D eigenvalue weighted by atomic mass is 10.1. The Morgan fingerprint density at radius 2 is 2.05 bits per heavy atom. The molecule has 0 radical (unpaired) electrons. The van der Waals surface area contributed by atoms with Crippen LogP contribution in [0.25, 0.3) is 0 Å². The number of carbonyl (C=O) groups excluding carboxylic acids is 1. The van der Waals surface area contributed by atoms with E-state index in [2.05, 4.69) is 13.8 Å². The smallest absolute Gasteiger partial charge is 0.159 e. The van der Waals surface area contributed by atoms with Crippen molar-refractivity contribution in [2.24, 2.45) is 5.92 Å². The lowest BCUT2D eigenvalue weighted by Crippen LogP contribution is -2.07. The van der Waals surface area contributed by atoms with E-state index in [1.807, 2.05) is 19.1 Å². The van der Waals surface area contributed by atoms with Crippen molar-refractivity contribution in [2.75, 3.05) is 13.2 Å². The quantitative estimate of drug-likeness (QED) is 0.634. The van der Waals surface area contributed by atoms with Gasteiger partial charge in [0.15, 0.2) is 5.78 Å². The first kappa shape index (κ1) is 16.7. The molecule has 1 unspecified atom stereocenters. The summed E-state index contributed by atoms with van der Waals surface area (Å²) in [6.07, 6.45) is 2.35. The minimum Gasteiger partial charge on any atom is -0.494 e. The fourth-order valence-electron chi connectivity index (χ4n) is 2.15. The van der Waals surface area contributed by atoms with Crippen molar-refractivity contribution in [2.45, 2.75) is 47.1 Å². The Labute approximate surface area is 122 Å². The minimum atomic E-state index is 0.0636. The van der Waals surface area contributed by atoms with Crippen LogP contribution in [-0.2, 0) is 11.3 Å². The van der Waals surface area contributed by atoms with Gasteiger partial charge in [0.25, 0.3) is 0 Å². The van der Waals surface area contributed by atoms with E-state index < -0.39 is 0 Å². The molecule has 0 spiro atoms. The summed E-state index contributed by atoms with van der Waals surface area (Å²) in [5.41, 5.74) is 1.65. The molecule has 0 aliphatic rings. The van der Waals surface area contributed by atoms with E-state index in [1.54, 1.807) is 13.0 Å². The van der Waals surface area contributed by atoms with Crippen molar-refractivity contribution in [1.82, 2.24) is 0 Å². The molecule has 0 N–H and O–H groups in total. The van der Waals surface area contributed by atoms with Crippen LogP contribution in [0, 0.1) is 5.92 Å². The number of Topliss-reactive ketones (excluding diaryl/α,β-unsaturated/α-hetero) is 1. The molecule has 0 bridgehead atoms. The average molecular weight is 278 g/mol. The van der Waals surface area contributed by atoms with Gasteiger partial charge in [-0.25, -0.2) is 0 Å². The third-order valence-electron chi connectivity index (χ3n) is 3.21. The summed E-state index contributed by atoms with van der Waals surface area (Å²) in [5, 5.41) is 0. The largest absolute Gasteiger partial charge is 0.494 e. The van der Waals surface area contributed by atoms with E-state index in [-0.39, 0.29) is 5.78 Å². The summed E-state index contributed by atoms with van der Waals surface area (Å²) in [7, 11) is 0. The molecule has 0 saturated heterocycles. The van der Waals surface area contributed by atoms with Crippen molar-refractivity contribution >= 4 is 5.78 Å². The van der Waals surface area contributed by atoms with E-state index in [0.717, 1.165) is 17.9 Å². The standard InChI is InChI=1S/C17H26O3/c1-5-7-13(3)11-19-12-16-10-15(14(4)18)8-9-17(16)20-6-2/h8-10,13H,5-7,11-12H2,1-4H3. The highest BCUT2D eigenvalue weighted by atomic mass is 16.5. The first-order chi connectivity index (χ1) is 9.58. The van der Waals surface area contributed by atoms with Crippen molar-refractivity contribution in [3.8, 4) is 5.75 Å². The molecule has 20 heavy (non-hydrogen) atoms. The number of benzene rings is 1. The van der Waals surface area contributed by atoms with Crippen LogP contribution in [0.15, 0.2) is 18.2 Å². The third-order valence-corrected chi connectivity index (χ3v) is 3.21. The molecular formula is C17H26O3. The minimum absolute atomic E-state index is 0.0636. The number of carbonyl (C=O) groups is 1. The molecule has 3 heteroatoms. The van der Waals surface area contributed by atoms with Gasteiger partial charge < -0.3 is 9.47 Å². The van der Waals surface area contributed by atoms with E-state index >= 15 is 0 Å². The molecule has 0 aliphatic carbocycles. The molecule has 1 atom stereocenters. The Bertz CT molecular complexity index is 426. The van der Waals surface area contributed by atoms with Gasteiger partial charge in [0.1, 0.15) is 5.75 Å². The fraction of sp³-hybridized carbons (Fsp3) is 0.588. The first-order valence-corrected chi connectivity index (χ1v) is 7.42. The molecule has 3 nitrogen and oxygen atoms in total. The highest BCUT2D eigenvalue weighted by Gasteiger charge is 2.09. The Morgan fingerprint density at radius 1 is 1.30 bits per heavy atom. The molecule has 0 aliphatic heterocycles. The fourth-order valence-corrected chi connectivity index (χ4v) is 2.15. The Balaban J connectivity index is 2.69. The van der Waals surface area contributed by atoms with Crippen LogP contribution in [0.4, 0.5) is 0 Å². The van der Waals surface area contributed by atoms with Crippen molar-refractivity contribution < 1.29 is 14.3 Å². The molecule has 0 amide bonds. The third kappa shape index (κ3) is 5.33. The van der Waals surface area contributed by atoms with Gasteiger partial charge >= 0.3 is 0 Å². The van der Waals surface area contributed by atoms with Gasteiger partial charge in [-0.2, -0.15) is 0 Å². The maximum absolute atomic E-state index is 11.5. The van der Waals surface area contributed by atoms with Gasteiger partial charge in [0, 0.05) is 17.7 Å². The number of ether oxygens (including phenoxy) is 2. The predicted molar refractivity (Wildman–Crippen MR) is 81.3 cm³/mol. The van der Waals surface area contributed by atoms with Crippen LogP contribution < -0.4 is 4.74 Å². The molecule has 0 heterocycles. The summed E-state index contributed by atoms with van der Waals surface area (Å²) >= 11 is 0. The van der Waals surface area contributed by atoms with Crippen molar-refractivity contribution in [3.05, 3.63) is 29.3 Å². The van der Waals surface area contributed by atoms with Gasteiger partial charge in [-0.3, -0.25) is 4.79 Å². The predicted octanol–water partition coefficient (Wildman–Crippen LogP) is 4.24. The zero-order chi connectivity index (χ0) is 15.0. The molecule has 1 rings (SSSR count). The van der Waals surface area contributed by atoms with Crippen LogP contribution in [0.5, 0.6) is 5.75 Å². The summed E-state index contributed by atoms with van der Waals surface area (Å²) in [6.45, 7) is 9.74. The normalized spacial score (nSPS) is 12.2. The van der Waals surface area contributed by atoms with Crippen molar-refractivity contribution in [1.29, 1.82) is 0 Å². The highest BCUT2D eigenvalue weighted by Crippen LogP contribution is 2.22. The zero-order valence-electron chi connectivity index (χ0n) is 13.1. The van der Waals surface area contributed by atoms with Crippen LogP contribution in [0.3, 0.4) is 0 Å². The maximum Gasteiger partial charge on any atom is 0.159 e. The van der Waals surface area contributed by atoms with E-state index in [4.69, 9.17) is 9.47 Å². The maximum atomic E-state index is 11.5. The van der Waals surface area contributed by atoms with Crippen LogP contribution in [0.1, 0.15) is 56.5 Å². The van der Waals surface area contributed by atoms with Crippen LogP contribution in [0.2, 0.25) is 0 Å². The van der Waals surface area contributed by atoms with Crippen molar-refractivity contribution in [3.63, 3.8) is 0 Å². The molecule has 0 saturated carbocycles. The Hall–Kier alpha value is -1.35. The Morgan fingerprint density at radius 3 is 2.65 bits per heavy atom. The van der Waals surface area contributed by atoms with Gasteiger partial charge in [-0.1, -0.05) is 20.3 Å². The van der Waals surface area contributed by atoms with Gasteiger partial charge in [-0.05, 0) is 44.4 Å². The molecule has 0 aromatic heterocycles. The molecule has 0 fully saturated rings. The molecule has 1 aromatic carbocycles. The number of ketones is 1. The van der Waals surface area contributed by atoms with Gasteiger partial charge in [0.05, 0.1) is 13.2 Å². The Kier molecular flexibility index (Phi) is 7.31. The lowest BCUT2D eigenvalue weighted by molar-refractivity contribution is 0.0874. The number of rotatable bonds is 9.